The number of anilines is 2. The summed E-state index contributed by atoms with van der Waals surface area (Å²) in [6.07, 6.45) is 5.20. The van der Waals surface area contributed by atoms with Crippen molar-refractivity contribution in [1.29, 1.82) is 0 Å². The number of benzene rings is 1. The van der Waals surface area contributed by atoms with Gasteiger partial charge in [-0.15, -0.1) is 22.7 Å². The monoisotopic (exact) mass is 692 g/mol. The number of nitrogens with one attached hydrogen (secondary N) is 2. The van der Waals surface area contributed by atoms with Crippen LogP contribution in [0.2, 0.25) is 0 Å². The highest BCUT2D eigenvalue weighted by molar-refractivity contribution is 7.17. The highest BCUT2D eigenvalue weighted by atomic mass is 32.1. The molecule has 48 heavy (non-hydrogen) atoms. The lowest BCUT2D eigenvalue weighted by atomic mass is 9.72. The average Bonchev–Trinajstić information content (AvgIpc) is 3.57. The Bertz CT molecular complexity index is 1580. The van der Waals surface area contributed by atoms with Gasteiger partial charge in [0.1, 0.15) is 10.0 Å². The highest BCUT2D eigenvalue weighted by Gasteiger charge is 2.36. The molecule has 10 heteroatoms. The average molecular weight is 693 g/mol. The van der Waals surface area contributed by atoms with Gasteiger partial charge in [-0.3, -0.25) is 9.59 Å². The number of carbonyl (C=O) groups excluding carboxylic acids is 4. The predicted molar refractivity (Wildman–Crippen MR) is 193 cm³/mol. The van der Waals surface area contributed by atoms with Crippen LogP contribution in [0.1, 0.15) is 131 Å². The molecule has 0 aliphatic heterocycles. The number of fused-ring (bicyclic) bond motifs is 2. The zero-order chi connectivity index (χ0) is 35.0. The first kappa shape index (κ1) is 35.8. The molecule has 2 unspecified atom stereocenters. The van der Waals surface area contributed by atoms with Crippen LogP contribution in [0.15, 0.2) is 24.3 Å². The largest absolute Gasteiger partial charge is 0.462 e. The summed E-state index contributed by atoms with van der Waals surface area (Å²) >= 11 is 2.91. The van der Waals surface area contributed by atoms with Crippen molar-refractivity contribution in [2.24, 2.45) is 22.7 Å². The molecule has 8 nitrogen and oxygen atoms in total. The SMILES string of the molecule is CCOC(=O)c1c(NC(=O)c2ccc(C(=O)Nc3sc4c(c3C(=O)OCC)CCC(C(C)(C)C)C4)cc2)sc2c1CCC(C(C)(C)C)C2. The Balaban J connectivity index is 1.34. The van der Waals surface area contributed by atoms with Crippen molar-refractivity contribution in [3.63, 3.8) is 0 Å². The molecule has 1 aromatic carbocycles. The summed E-state index contributed by atoms with van der Waals surface area (Å²) in [6, 6.07) is 6.38. The lowest BCUT2D eigenvalue weighted by Crippen LogP contribution is -2.26. The summed E-state index contributed by atoms with van der Waals surface area (Å²) in [5, 5.41) is 6.94. The zero-order valence-corrected chi connectivity index (χ0v) is 31.0. The molecule has 3 aromatic rings. The van der Waals surface area contributed by atoms with Crippen molar-refractivity contribution in [3.05, 3.63) is 67.4 Å². The van der Waals surface area contributed by atoms with Crippen molar-refractivity contribution in [1.82, 2.24) is 0 Å². The zero-order valence-electron chi connectivity index (χ0n) is 29.4. The quantitative estimate of drug-likeness (QED) is 0.228. The fourth-order valence-electron chi connectivity index (χ4n) is 6.79. The predicted octanol–water partition coefficient (Wildman–Crippen LogP) is 8.97. The number of carbonyl (C=O) groups is 4. The maximum Gasteiger partial charge on any atom is 0.341 e. The number of amides is 2. The van der Waals surface area contributed by atoms with E-state index in [1.807, 2.05) is 0 Å². The minimum atomic E-state index is -0.419. The van der Waals surface area contributed by atoms with Crippen LogP contribution in [0.5, 0.6) is 0 Å². The fraction of sp³-hybridized carbons (Fsp3) is 0.526. The second kappa shape index (κ2) is 14.2. The molecule has 0 saturated carbocycles. The number of rotatable bonds is 8. The summed E-state index contributed by atoms with van der Waals surface area (Å²) in [4.78, 5) is 55.2. The van der Waals surface area contributed by atoms with E-state index in [2.05, 4.69) is 52.2 Å². The minimum Gasteiger partial charge on any atom is -0.462 e. The molecule has 2 amide bonds. The summed E-state index contributed by atoms with van der Waals surface area (Å²) in [7, 11) is 0. The molecule has 0 fully saturated rings. The first-order valence-electron chi connectivity index (χ1n) is 17.0. The van der Waals surface area contributed by atoms with E-state index in [-0.39, 0.29) is 35.9 Å². The Morgan fingerprint density at radius 1 is 0.667 bits per heavy atom. The van der Waals surface area contributed by atoms with Crippen molar-refractivity contribution >= 4 is 56.4 Å². The van der Waals surface area contributed by atoms with Crippen molar-refractivity contribution < 1.29 is 28.7 Å². The van der Waals surface area contributed by atoms with Crippen LogP contribution < -0.4 is 10.6 Å². The van der Waals surface area contributed by atoms with Crippen LogP contribution >= 0.6 is 22.7 Å². The maximum absolute atomic E-state index is 13.4. The minimum absolute atomic E-state index is 0.141. The molecular formula is C38H48N2O6S2. The molecule has 258 valence electrons. The van der Waals surface area contributed by atoms with Crippen LogP contribution in [-0.2, 0) is 35.2 Å². The van der Waals surface area contributed by atoms with E-state index in [9.17, 15) is 19.2 Å². The summed E-state index contributed by atoms with van der Waals surface area (Å²) in [5.74, 6) is -0.621. The first-order valence-corrected chi connectivity index (χ1v) is 18.6. The Kier molecular flexibility index (Phi) is 10.6. The van der Waals surface area contributed by atoms with Crippen molar-refractivity contribution in [3.8, 4) is 0 Å². The standard InChI is InChI=1S/C38H48N2O6S2/c1-9-45-35(43)29-25-17-15-23(37(3,4)5)19-27(25)47-33(29)39-31(41)21-11-13-22(14-12-21)32(42)40-34-30(36(44)46-10-2)26-18-16-24(38(6,7)8)20-28(26)48-34/h11-14,23-24H,9-10,15-20H2,1-8H3,(H,39,41)(H,40,42). The Labute approximate surface area is 292 Å². The normalized spacial score (nSPS) is 17.6. The molecule has 2 aliphatic carbocycles. The van der Waals surface area contributed by atoms with Gasteiger partial charge in [0.05, 0.1) is 24.3 Å². The van der Waals surface area contributed by atoms with Crippen molar-refractivity contribution in [2.45, 2.75) is 93.9 Å². The number of ether oxygens (including phenoxy) is 2. The highest BCUT2D eigenvalue weighted by Crippen LogP contribution is 2.46. The summed E-state index contributed by atoms with van der Waals surface area (Å²) in [6.45, 7) is 17.5. The molecule has 0 radical (unpaired) electrons. The van der Waals surface area contributed by atoms with Crippen LogP contribution in [-0.4, -0.2) is 37.0 Å². The van der Waals surface area contributed by atoms with E-state index < -0.39 is 11.9 Å². The van der Waals surface area contributed by atoms with Crippen LogP contribution in [0.3, 0.4) is 0 Å². The van der Waals surface area contributed by atoms with Gasteiger partial charge in [-0.1, -0.05) is 41.5 Å². The molecule has 2 aliphatic rings. The van der Waals surface area contributed by atoms with E-state index in [1.54, 1.807) is 38.1 Å². The third-order valence-electron chi connectivity index (χ3n) is 9.80. The van der Waals surface area contributed by atoms with Gasteiger partial charge in [0.15, 0.2) is 0 Å². The Morgan fingerprint density at radius 3 is 1.33 bits per heavy atom. The lowest BCUT2D eigenvalue weighted by Gasteiger charge is -2.33. The van der Waals surface area contributed by atoms with Gasteiger partial charge in [-0.25, -0.2) is 9.59 Å². The van der Waals surface area contributed by atoms with E-state index in [1.165, 1.54) is 22.7 Å². The molecule has 2 atom stereocenters. The summed E-state index contributed by atoms with van der Waals surface area (Å²) in [5.41, 5.74) is 3.86. The van der Waals surface area contributed by atoms with Crippen LogP contribution in [0.4, 0.5) is 10.0 Å². The third kappa shape index (κ3) is 7.54. The Morgan fingerprint density at radius 2 is 1.02 bits per heavy atom. The van der Waals surface area contributed by atoms with Gasteiger partial charge < -0.3 is 20.1 Å². The van der Waals surface area contributed by atoms with Crippen LogP contribution in [0.25, 0.3) is 0 Å². The maximum atomic E-state index is 13.4. The lowest BCUT2D eigenvalue weighted by molar-refractivity contribution is 0.0516. The second-order valence-electron chi connectivity index (χ2n) is 15.0. The molecule has 2 heterocycles. The number of thiophene rings is 2. The molecule has 0 bridgehead atoms. The van der Waals surface area contributed by atoms with Crippen molar-refractivity contribution in [2.75, 3.05) is 23.8 Å². The molecule has 0 saturated heterocycles. The molecule has 2 aromatic heterocycles. The van der Waals surface area contributed by atoms with E-state index in [0.717, 1.165) is 59.4 Å². The van der Waals surface area contributed by atoms with Gasteiger partial charge in [0.2, 0.25) is 0 Å². The fourth-order valence-corrected chi connectivity index (χ4v) is 9.41. The van der Waals surface area contributed by atoms with E-state index >= 15 is 0 Å². The molecular weight excluding hydrogens is 645 g/mol. The molecule has 2 N–H and O–H groups in total. The second-order valence-corrected chi connectivity index (χ2v) is 17.2. The van der Waals surface area contributed by atoms with Crippen LogP contribution in [0, 0.1) is 22.7 Å². The van der Waals surface area contributed by atoms with Gasteiger partial charge in [0, 0.05) is 20.9 Å². The molecule has 0 spiro atoms. The van der Waals surface area contributed by atoms with Gasteiger partial charge in [-0.2, -0.15) is 0 Å². The number of esters is 2. The number of hydrogen-bond acceptors (Lipinski definition) is 8. The smallest absolute Gasteiger partial charge is 0.341 e. The van der Waals surface area contributed by atoms with Gasteiger partial charge in [0.25, 0.3) is 11.8 Å². The van der Waals surface area contributed by atoms with E-state index in [4.69, 9.17) is 9.47 Å². The number of hydrogen-bond donors (Lipinski definition) is 2. The third-order valence-corrected chi connectivity index (χ3v) is 12.1. The van der Waals surface area contributed by atoms with Gasteiger partial charge in [-0.05, 0) is 110 Å². The Hall–Kier alpha value is -3.50. The topological polar surface area (TPSA) is 111 Å². The van der Waals surface area contributed by atoms with Gasteiger partial charge >= 0.3 is 11.9 Å². The summed E-state index contributed by atoms with van der Waals surface area (Å²) < 4.78 is 10.8. The first-order chi connectivity index (χ1) is 22.6. The molecule has 5 rings (SSSR count). The van der Waals surface area contributed by atoms with E-state index in [0.29, 0.717) is 44.1 Å².